The lowest BCUT2D eigenvalue weighted by Crippen LogP contribution is -2.40. The van der Waals surface area contributed by atoms with Crippen molar-refractivity contribution in [3.8, 4) is 0 Å². The fraction of sp³-hybridized carbons (Fsp3) is 0.800. The summed E-state index contributed by atoms with van der Waals surface area (Å²) in [5, 5.41) is 14.7. The number of nitrogens with zero attached hydrogens (tertiary/aromatic N) is 3. The molecule has 0 bridgehead atoms. The van der Waals surface area contributed by atoms with Crippen LogP contribution in [-0.2, 0) is 6.54 Å². The Balaban J connectivity index is 1.93. The number of aryl methyl sites for hydroxylation is 1. The van der Waals surface area contributed by atoms with Gasteiger partial charge in [0.15, 0.2) is 0 Å². The summed E-state index contributed by atoms with van der Waals surface area (Å²) < 4.78 is 1.83. The maximum atomic E-state index is 10.3. The molecule has 1 aromatic rings. The zero-order valence-electron chi connectivity index (χ0n) is 13.0. The number of nitrogen functional groups attached to an aromatic ring is 1. The summed E-state index contributed by atoms with van der Waals surface area (Å²) in [6.45, 7) is 8.28. The maximum absolute atomic E-state index is 10.3. The van der Waals surface area contributed by atoms with Crippen LogP contribution in [0, 0.1) is 13.8 Å². The van der Waals surface area contributed by atoms with E-state index in [0.717, 1.165) is 30.2 Å². The van der Waals surface area contributed by atoms with Crippen molar-refractivity contribution >= 4 is 5.69 Å². The predicted molar refractivity (Wildman–Crippen MR) is 81.6 cm³/mol. The molecule has 1 fully saturated rings. The van der Waals surface area contributed by atoms with Gasteiger partial charge in [-0.2, -0.15) is 5.10 Å². The molecule has 114 valence electrons. The molecule has 2 rings (SSSR count). The van der Waals surface area contributed by atoms with Crippen LogP contribution in [0.5, 0.6) is 0 Å². The molecule has 5 nitrogen and oxygen atoms in total. The summed E-state index contributed by atoms with van der Waals surface area (Å²) >= 11 is 0. The summed E-state index contributed by atoms with van der Waals surface area (Å²) in [7, 11) is 0. The molecule has 3 N–H and O–H groups in total. The number of nitrogens with two attached hydrogens (primary N) is 1. The smallest absolute Gasteiger partial charge is 0.0862 e. The summed E-state index contributed by atoms with van der Waals surface area (Å²) in [6, 6.07) is 0.653. The summed E-state index contributed by atoms with van der Waals surface area (Å²) in [5.74, 6) is 0. The van der Waals surface area contributed by atoms with Crippen molar-refractivity contribution in [2.75, 3.05) is 18.8 Å². The van der Waals surface area contributed by atoms with E-state index in [-0.39, 0.29) is 0 Å². The molecule has 0 radical (unpaired) electrons. The van der Waals surface area contributed by atoms with Crippen LogP contribution in [0.4, 0.5) is 5.69 Å². The first kappa shape index (κ1) is 15.3. The van der Waals surface area contributed by atoms with Crippen molar-refractivity contribution in [2.45, 2.75) is 65.1 Å². The molecule has 0 saturated heterocycles. The highest BCUT2D eigenvalue weighted by Gasteiger charge is 2.23. The summed E-state index contributed by atoms with van der Waals surface area (Å²) in [4.78, 5) is 2.41. The van der Waals surface area contributed by atoms with Crippen molar-refractivity contribution in [3.63, 3.8) is 0 Å². The Kier molecular flexibility index (Phi) is 5.05. The van der Waals surface area contributed by atoms with Gasteiger partial charge in [0.05, 0.1) is 29.7 Å². The van der Waals surface area contributed by atoms with Crippen LogP contribution in [0.15, 0.2) is 0 Å². The third-order valence-corrected chi connectivity index (χ3v) is 4.51. The van der Waals surface area contributed by atoms with Gasteiger partial charge in [-0.15, -0.1) is 0 Å². The highest BCUT2D eigenvalue weighted by atomic mass is 16.3. The van der Waals surface area contributed by atoms with Crippen LogP contribution in [0.1, 0.15) is 44.0 Å². The van der Waals surface area contributed by atoms with E-state index in [9.17, 15) is 5.11 Å². The molecule has 0 spiro atoms. The van der Waals surface area contributed by atoms with Crippen LogP contribution < -0.4 is 5.73 Å². The highest BCUT2D eigenvalue weighted by Crippen LogP contribution is 2.23. The van der Waals surface area contributed by atoms with Gasteiger partial charge in [0, 0.05) is 12.6 Å². The number of hydrogen-bond donors (Lipinski definition) is 2. The lowest BCUT2D eigenvalue weighted by Gasteiger charge is -2.29. The van der Waals surface area contributed by atoms with Crippen molar-refractivity contribution < 1.29 is 5.11 Å². The van der Waals surface area contributed by atoms with Gasteiger partial charge in [0.2, 0.25) is 0 Å². The Hall–Kier alpha value is -1.07. The second-order valence-corrected chi connectivity index (χ2v) is 5.95. The van der Waals surface area contributed by atoms with Crippen LogP contribution in [0.25, 0.3) is 0 Å². The number of aliphatic hydroxyl groups is 1. The Morgan fingerprint density at radius 2 is 2.05 bits per heavy atom. The number of likely N-dealkylation sites (N-methyl/N-ethyl adjacent to an activating group) is 1. The average Bonchev–Trinajstić information content (AvgIpc) is 3.02. The van der Waals surface area contributed by atoms with Gasteiger partial charge >= 0.3 is 0 Å². The van der Waals surface area contributed by atoms with Crippen molar-refractivity contribution in [3.05, 3.63) is 11.4 Å². The van der Waals surface area contributed by atoms with E-state index in [1.165, 1.54) is 25.7 Å². The van der Waals surface area contributed by atoms with Gasteiger partial charge < -0.3 is 10.8 Å². The molecule has 1 saturated carbocycles. The predicted octanol–water partition coefficient (Wildman–Crippen LogP) is 1.71. The third-order valence-electron chi connectivity index (χ3n) is 4.51. The molecule has 1 aliphatic carbocycles. The van der Waals surface area contributed by atoms with Crippen LogP contribution in [-0.4, -0.2) is 45.0 Å². The SMILES string of the molecule is CCN(CC(O)Cn1nc(C)c(N)c1C)C1CCCC1. The Bertz CT molecular complexity index is 437. The van der Waals surface area contributed by atoms with E-state index in [0.29, 0.717) is 12.6 Å². The molecule has 1 aromatic heterocycles. The van der Waals surface area contributed by atoms with E-state index < -0.39 is 6.10 Å². The van der Waals surface area contributed by atoms with E-state index in [1.54, 1.807) is 0 Å². The molecule has 0 aliphatic heterocycles. The molecule has 5 heteroatoms. The molecule has 20 heavy (non-hydrogen) atoms. The minimum Gasteiger partial charge on any atom is -0.396 e. The minimum atomic E-state index is -0.395. The van der Waals surface area contributed by atoms with E-state index >= 15 is 0 Å². The van der Waals surface area contributed by atoms with Crippen LogP contribution in [0.2, 0.25) is 0 Å². The normalized spacial score (nSPS) is 18.1. The van der Waals surface area contributed by atoms with E-state index in [4.69, 9.17) is 5.73 Å². The lowest BCUT2D eigenvalue weighted by atomic mass is 10.2. The number of anilines is 1. The fourth-order valence-corrected chi connectivity index (χ4v) is 3.22. The minimum absolute atomic E-state index is 0.395. The summed E-state index contributed by atoms with van der Waals surface area (Å²) in [6.07, 6.45) is 4.80. The zero-order valence-corrected chi connectivity index (χ0v) is 13.0. The Morgan fingerprint density at radius 3 is 2.55 bits per heavy atom. The molecule has 1 unspecified atom stereocenters. The molecule has 0 aromatic carbocycles. The molecule has 1 atom stereocenters. The second kappa shape index (κ2) is 6.59. The van der Waals surface area contributed by atoms with Crippen molar-refractivity contribution in [1.29, 1.82) is 0 Å². The average molecular weight is 280 g/mol. The van der Waals surface area contributed by atoms with E-state index in [1.807, 2.05) is 18.5 Å². The number of rotatable bonds is 6. The molecule has 1 aliphatic rings. The Morgan fingerprint density at radius 1 is 1.40 bits per heavy atom. The molecular formula is C15H28N4O. The first-order valence-electron chi connectivity index (χ1n) is 7.74. The molecular weight excluding hydrogens is 252 g/mol. The highest BCUT2D eigenvalue weighted by molar-refractivity contribution is 5.46. The quantitative estimate of drug-likeness (QED) is 0.832. The van der Waals surface area contributed by atoms with Gasteiger partial charge in [-0.1, -0.05) is 19.8 Å². The van der Waals surface area contributed by atoms with Crippen molar-refractivity contribution in [2.24, 2.45) is 0 Å². The van der Waals surface area contributed by atoms with E-state index in [2.05, 4.69) is 16.9 Å². The zero-order chi connectivity index (χ0) is 14.7. The van der Waals surface area contributed by atoms with Crippen LogP contribution in [0.3, 0.4) is 0 Å². The number of aromatic nitrogens is 2. The lowest BCUT2D eigenvalue weighted by molar-refractivity contribution is 0.0765. The topological polar surface area (TPSA) is 67.3 Å². The van der Waals surface area contributed by atoms with Gasteiger partial charge in [-0.05, 0) is 33.2 Å². The van der Waals surface area contributed by atoms with Crippen LogP contribution >= 0.6 is 0 Å². The fourth-order valence-electron chi connectivity index (χ4n) is 3.22. The molecule has 0 amide bonds. The number of aliphatic hydroxyl groups excluding tert-OH is 1. The van der Waals surface area contributed by atoms with Gasteiger partial charge in [-0.3, -0.25) is 9.58 Å². The first-order chi connectivity index (χ1) is 9.52. The standard InChI is InChI=1S/C15H28N4O/c1-4-18(13-7-5-6-8-13)9-14(20)10-19-12(3)15(16)11(2)17-19/h13-14,20H,4-10,16H2,1-3H3. The first-order valence-corrected chi connectivity index (χ1v) is 7.74. The molecule has 1 heterocycles. The summed E-state index contributed by atoms with van der Waals surface area (Å²) in [5.41, 5.74) is 8.46. The maximum Gasteiger partial charge on any atom is 0.0862 e. The Labute approximate surface area is 121 Å². The second-order valence-electron chi connectivity index (χ2n) is 5.95. The number of hydrogen-bond acceptors (Lipinski definition) is 4. The van der Waals surface area contributed by atoms with Gasteiger partial charge in [0.1, 0.15) is 0 Å². The van der Waals surface area contributed by atoms with Gasteiger partial charge in [0.25, 0.3) is 0 Å². The largest absolute Gasteiger partial charge is 0.396 e. The third kappa shape index (κ3) is 3.33. The van der Waals surface area contributed by atoms with Crippen molar-refractivity contribution in [1.82, 2.24) is 14.7 Å². The monoisotopic (exact) mass is 280 g/mol. The van der Waals surface area contributed by atoms with Gasteiger partial charge in [-0.25, -0.2) is 0 Å².